The van der Waals surface area contributed by atoms with Gasteiger partial charge in [0.05, 0.1) is 0 Å². The lowest BCUT2D eigenvalue weighted by molar-refractivity contribution is 0.372. The second-order valence-electron chi connectivity index (χ2n) is 6.23. The first-order valence-corrected chi connectivity index (χ1v) is 16.2. The molecule has 2 nitrogen and oxygen atoms in total. The van der Waals surface area contributed by atoms with Crippen LogP contribution >= 0.6 is 0 Å². The molecule has 0 rings (SSSR count). The van der Waals surface area contributed by atoms with Crippen LogP contribution in [0.4, 0.5) is 0 Å². The van der Waals surface area contributed by atoms with Crippen LogP contribution < -0.4 is 0 Å². The van der Waals surface area contributed by atoms with Crippen molar-refractivity contribution in [2.45, 2.75) is 83.5 Å². The summed E-state index contributed by atoms with van der Waals surface area (Å²) in [6.07, 6.45) is 11.2. The molecule has 0 aromatic rings. The molecule has 0 spiro atoms. The van der Waals surface area contributed by atoms with Gasteiger partial charge in [-0.3, -0.25) is 0 Å². The molecular weight excluding hydrogens is 320 g/mol. The van der Waals surface area contributed by atoms with Crippen molar-refractivity contribution in [3.63, 3.8) is 0 Å². The average Bonchev–Trinajstić information content (AvgIpc) is 2.54. The van der Waals surface area contributed by atoms with Crippen molar-refractivity contribution in [3.05, 3.63) is 0 Å². The Hall–Kier alpha value is -0.309. The summed E-state index contributed by atoms with van der Waals surface area (Å²) in [5.74, 6) is 5.71. The molecular formula is C17H34O2Si3. The molecule has 126 valence electrons. The summed E-state index contributed by atoms with van der Waals surface area (Å²) in [4.78, 5) is 0. The summed E-state index contributed by atoms with van der Waals surface area (Å²) in [5.41, 5.74) is 0. The highest BCUT2D eigenvalue weighted by molar-refractivity contribution is 6.90. The van der Waals surface area contributed by atoms with Gasteiger partial charge >= 0.3 is 8.56 Å². The Morgan fingerprint density at radius 3 is 1.18 bits per heavy atom. The fraction of sp³-hybridized carbons (Fsp3) is 0.765. The van der Waals surface area contributed by atoms with Crippen molar-refractivity contribution in [1.82, 2.24) is 0 Å². The van der Waals surface area contributed by atoms with Crippen molar-refractivity contribution in [1.29, 1.82) is 0 Å². The SMILES string of the molecule is C#CC[Si](CC)(CC)O[Si](C)(CC)O[Si](CC)(CC)CC#C. The summed E-state index contributed by atoms with van der Waals surface area (Å²) < 4.78 is 13.6. The van der Waals surface area contributed by atoms with Crippen molar-refractivity contribution < 1.29 is 8.23 Å². The molecule has 0 saturated carbocycles. The summed E-state index contributed by atoms with van der Waals surface area (Å²) in [6, 6.07) is 6.76. The van der Waals surface area contributed by atoms with Crippen LogP contribution in [0, 0.1) is 24.7 Å². The van der Waals surface area contributed by atoms with E-state index >= 15 is 0 Å². The molecule has 0 aromatic carbocycles. The predicted octanol–water partition coefficient (Wildman–Crippen LogP) is 5.35. The van der Waals surface area contributed by atoms with Gasteiger partial charge in [0, 0.05) is 12.1 Å². The van der Waals surface area contributed by atoms with Gasteiger partial charge in [-0.15, -0.1) is 24.7 Å². The molecule has 0 aliphatic carbocycles. The molecule has 0 radical (unpaired) electrons. The number of hydrogen-bond donors (Lipinski definition) is 0. The van der Waals surface area contributed by atoms with Gasteiger partial charge in [0.2, 0.25) is 0 Å². The summed E-state index contributed by atoms with van der Waals surface area (Å²) in [6.45, 7) is 13.3. The fourth-order valence-electron chi connectivity index (χ4n) is 2.81. The zero-order valence-corrected chi connectivity index (χ0v) is 18.4. The highest BCUT2D eigenvalue weighted by Crippen LogP contribution is 2.33. The van der Waals surface area contributed by atoms with Crippen molar-refractivity contribution in [2.75, 3.05) is 0 Å². The second-order valence-corrected chi connectivity index (χ2v) is 19.1. The largest absolute Gasteiger partial charge is 0.435 e. The third kappa shape index (κ3) is 5.72. The van der Waals surface area contributed by atoms with E-state index in [1.807, 2.05) is 0 Å². The zero-order valence-electron chi connectivity index (χ0n) is 15.4. The van der Waals surface area contributed by atoms with Crippen molar-refractivity contribution >= 4 is 25.2 Å². The van der Waals surface area contributed by atoms with Gasteiger partial charge in [-0.1, -0.05) is 34.6 Å². The minimum absolute atomic E-state index is 0.786. The molecule has 0 heterocycles. The Morgan fingerprint density at radius 2 is 1.00 bits per heavy atom. The normalized spacial score (nSPS) is 12.7. The molecule has 0 unspecified atom stereocenters. The number of rotatable bonds is 11. The molecule has 0 bridgehead atoms. The van der Waals surface area contributed by atoms with E-state index in [9.17, 15) is 0 Å². The monoisotopic (exact) mass is 354 g/mol. The lowest BCUT2D eigenvalue weighted by Crippen LogP contribution is -2.56. The minimum atomic E-state index is -2.22. The van der Waals surface area contributed by atoms with E-state index < -0.39 is 25.2 Å². The highest BCUT2D eigenvalue weighted by Gasteiger charge is 2.46. The predicted molar refractivity (Wildman–Crippen MR) is 105 cm³/mol. The molecule has 22 heavy (non-hydrogen) atoms. The van der Waals surface area contributed by atoms with Crippen LogP contribution in [-0.4, -0.2) is 25.2 Å². The first-order chi connectivity index (χ1) is 10.3. The first kappa shape index (κ1) is 21.7. The Morgan fingerprint density at radius 1 is 0.682 bits per heavy atom. The Balaban J connectivity index is 5.42. The molecule has 0 fully saturated rings. The topological polar surface area (TPSA) is 18.5 Å². The molecule has 0 N–H and O–H groups in total. The van der Waals surface area contributed by atoms with Crippen LogP contribution in [0.2, 0.25) is 48.9 Å². The maximum Gasteiger partial charge on any atom is 0.314 e. The third-order valence-electron chi connectivity index (χ3n) is 4.93. The molecule has 5 heteroatoms. The van der Waals surface area contributed by atoms with Crippen LogP contribution in [0.15, 0.2) is 0 Å². The number of hydrogen-bond acceptors (Lipinski definition) is 2. The average molecular weight is 355 g/mol. The van der Waals surface area contributed by atoms with Gasteiger partial charge in [0.15, 0.2) is 16.6 Å². The maximum absolute atomic E-state index is 6.80. The van der Waals surface area contributed by atoms with E-state index in [1.165, 1.54) is 0 Å². The van der Waals surface area contributed by atoms with E-state index in [0.29, 0.717) is 0 Å². The highest BCUT2D eigenvalue weighted by atomic mass is 28.5. The Labute approximate surface area is 141 Å². The van der Waals surface area contributed by atoms with Gasteiger partial charge in [0.1, 0.15) is 0 Å². The van der Waals surface area contributed by atoms with E-state index in [-0.39, 0.29) is 0 Å². The quantitative estimate of drug-likeness (QED) is 0.368. The van der Waals surface area contributed by atoms with Gasteiger partial charge in [-0.2, -0.15) is 0 Å². The van der Waals surface area contributed by atoms with Gasteiger partial charge < -0.3 is 8.23 Å². The third-order valence-corrected chi connectivity index (χ3v) is 20.0. The number of terminal acetylenes is 2. The molecule has 0 aromatic heterocycles. The smallest absolute Gasteiger partial charge is 0.314 e. The maximum atomic E-state index is 6.80. The summed E-state index contributed by atoms with van der Waals surface area (Å²) in [7, 11) is -5.97. The van der Waals surface area contributed by atoms with Crippen LogP contribution in [0.3, 0.4) is 0 Å². The summed E-state index contributed by atoms with van der Waals surface area (Å²) >= 11 is 0. The standard InChI is InChI=1S/C17H34O2Si3/c1-9-16-21(12-4,13-5)18-20(8,11-3)19-22(14-6,15-7)17-10-2/h1-2H,11-17H2,3-8H3. The van der Waals surface area contributed by atoms with E-state index in [4.69, 9.17) is 21.1 Å². The fourth-order valence-corrected chi connectivity index (χ4v) is 17.5. The van der Waals surface area contributed by atoms with E-state index in [2.05, 4.69) is 53.0 Å². The summed E-state index contributed by atoms with van der Waals surface area (Å²) in [5, 5.41) is 0. The minimum Gasteiger partial charge on any atom is -0.435 e. The van der Waals surface area contributed by atoms with E-state index in [0.717, 1.165) is 42.3 Å². The van der Waals surface area contributed by atoms with Crippen molar-refractivity contribution in [2.24, 2.45) is 0 Å². The van der Waals surface area contributed by atoms with Gasteiger partial charge in [-0.25, -0.2) is 0 Å². The Kier molecular flexibility index (Phi) is 9.61. The van der Waals surface area contributed by atoms with Crippen LogP contribution in [0.5, 0.6) is 0 Å². The molecule has 0 aliphatic rings. The Bertz CT molecular complexity index is 367. The van der Waals surface area contributed by atoms with Crippen LogP contribution in [0.1, 0.15) is 34.6 Å². The molecule has 0 atom stereocenters. The second kappa shape index (κ2) is 9.75. The van der Waals surface area contributed by atoms with Gasteiger partial charge in [-0.05, 0) is 36.8 Å². The van der Waals surface area contributed by atoms with Crippen LogP contribution in [-0.2, 0) is 8.23 Å². The van der Waals surface area contributed by atoms with Gasteiger partial charge in [0.25, 0.3) is 0 Å². The molecule has 0 aliphatic heterocycles. The van der Waals surface area contributed by atoms with Crippen LogP contribution in [0.25, 0.3) is 0 Å². The first-order valence-electron chi connectivity index (χ1n) is 8.61. The zero-order chi connectivity index (χ0) is 17.3. The molecule has 0 amide bonds. The van der Waals surface area contributed by atoms with E-state index in [1.54, 1.807) is 0 Å². The van der Waals surface area contributed by atoms with Crippen molar-refractivity contribution in [3.8, 4) is 24.7 Å². The lowest BCUT2D eigenvalue weighted by atomic mass is 10.8. The lowest BCUT2D eigenvalue weighted by Gasteiger charge is -2.43. The molecule has 0 saturated heterocycles.